The Labute approximate surface area is 183 Å². The SMILES string of the molecule is Cc1c(C)n(-c2cccc(F)c2)c2ncn(CCC(=O)NCc3ccccc3F)c(=O)c12. The van der Waals surface area contributed by atoms with E-state index >= 15 is 0 Å². The summed E-state index contributed by atoms with van der Waals surface area (Å²) in [5, 5.41) is 3.10. The largest absolute Gasteiger partial charge is 0.352 e. The van der Waals surface area contributed by atoms with Crippen LogP contribution in [0.15, 0.2) is 59.7 Å². The lowest BCUT2D eigenvalue weighted by atomic mass is 10.2. The van der Waals surface area contributed by atoms with E-state index in [1.807, 2.05) is 13.8 Å². The first kappa shape index (κ1) is 21.4. The molecule has 0 saturated heterocycles. The Hall–Kier alpha value is -3.81. The van der Waals surface area contributed by atoms with Crippen molar-refractivity contribution < 1.29 is 13.6 Å². The van der Waals surface area contributed by atoms with E-state index in [9.17, 15) is 18.4 Å². The van der Waals surface area contributed by atoms with Crippen molar-refractivity contribution in [3.05, 3.63) is 93.7 Å². The van der Waals surface area contributed by atoms with E-state index in [-0.39, 0.29) is 42.6 Å². The first-order valence-electron chi connectivity index (χ1n) is 10.2. The van der Waals surface area contributed by atoms with Gasteiger partial charge in [0.1, 0.15) is 11.6 Å². The number of hydrogen-bond donors (Lipinski definition) is 1. The summed E-state index contributed by atoms with van der Waals surface area (Å²) in [6.45, 7) is 3.88. The standard InChI is InChI=1S/C24H22F2N4O2/c1-15-16(2)30(19-8-5-7-18(25)12-19)23-22(15)24(32)29(14-28-23)11-10-21(31)27-13-17-6-3-4-9-20(17)26/h3-9,12,14H,10-11,13H2,1-2H3,(H,27,31). The lowest BCUT2D eigenvalue weighted by molar-refractivity contribution is -0.121. The number of hydrogen-bond acceptors (Lipinski definition) is 3. The highest BCUT2D eigenvalue weighted by atomic mass is 19.1. The number of amides is 1. The lowest BCUT2D eigenvalue weighted by Gasteiger charge is -2.09. The second-order valence-corrected chi connectivity index (χ2v) is 7.59. The predicted molar refractivity (Wildman–Crippen MR) is 118 cm³/mol. The van der Waals surface area contributed by atoms with Gasteiger partial charge >= 0.3 is 0 Å². The van der Waals surface area contributed by atoms with Crippen LogP contribution in [0.1, 0.15) is 23.2 Å². The van der Waals surface area contributed by atoms with Gasteiger partial charge in [-0.05, 0) is 43.7 Å². The third-order valence-electron chi connectivity index (χ3n) is 5.56. The van der Waals surface area contributed by atoms with Crippen molar-refractivity contribution >= 4 is 16.9 Å². The van der Waals surface area contributed by atoms with Crippen LogP contribution in [0.3, 0.4) is 0 Å². The zero-order valence-electron chi connectivity index (χ0n) is 17.7. The summed E-state index contributed by atoms with van der Waals surface area (Å²) in [6.07, 6.45) is 1.44. The number of rotatable bonds is 6. The summed E-state index contributed by atoms with van der Waals surface area (Å²) in [4.78, 5) is 29.7. The molecule has 0 atom stereocenters. The third kappa shape index (κ3) is 4.03. The monoisotopic (exact) mass is 436 g/mol. The molecule has 2 aromatic heterocycles. The minimum Gasteiger partial charge on any atom is -0.352 e. The third-order valence-corrected chi connectivity index (χ3v) is 5.56. The molecule has 0 saturated carbocycles. The minimum atomic E-state index is -0.382. The van der Waals surface area contributed by atoms with E-state index in [2.05, 4.69) is 10.3 Å². The van der Waals surface area contributed by atoms with E-state index in [0.29, 0.717) is 22.3 Å². The molecule has 6 nitrogen and oxygen atoms in total. The molecule has 8 heteroatoms. The molecule has 0 radical (unpaired) electrons. The van der Waals surface area contributed by atoms with Crippen LogP contribution in [0.5, 0.6) is 0 Å². The summed E-state index contributed by atoms with van der Waals surface area (Å²) in [5.74, 6) is -1.06. The topological polar surface area (TPSA) is 68.9 Å². The maximum Gasteiger partial charge on any atom is 0.263 e. The van der Waals surface area contributed by atoms with Crippen LogP contribution in [0.25, 0.3) is 16.7 Å². The molecule has 2 aromatic carbocycles. The van der Waals surface area contributed by atoms with Gasteiger partial charge in [0, 0.05) is 30.8 Å². The van der Waals surface area contributed by atoms with Crippen LogP contribution in [0.2, 0.25) is 0 Å². The highest BCUT2D eigenvalue weighted by Crippen LogP contribution is 2.25. The molecule has 1 amide bonds. The molecular weight excluding hydrogens is 414 g/mol. The summed E-state index contributed by atoms with van der Waals surface area (Å²) in [7, 11) is 0. The lowest BCUT2D eigenvalue weighted by Crippen LogP contribution is -2.27. The van der Waals surface area contributed by atoms with Gasteiger partial charge in [0.15, 0.2) is 5.65 Å². The highest BCUT2D eigenvalue weighted by molar-refractivity contribution is 5.83. The number of nitrogens with one attached hydrogen (secondary N) is 1. The van der Waals surface area contributed by atoms with Gasteiger partial charge in [-0.25, -0.2) is 13.8 Å². The van der Waals surface area contributed by atoms with Gasteiger partial charge in [0.05, 0.1) is 17.4 Å². The number of fused-ring (bicyclic) bond motifs is 1. The van der Waals surface area contributed by atoms with E-state index < -0.39 is 0 Å². The second-order valence-electron chi connectivity index (χ2n) is 7.59. The molecule has 0 aliphatic carbocycles. The minimum absolute atomic E-state index is 0.0458. The smallest absolute Gasteiger partial charge is 0.263 e. The van der Waals surface area contributed by atoms with Crippen molar-refractivity contribution in [2.45, 2.75) is 33.4 Å². The fourth-order valence-electron chi connectivity index (χ4n) is 3.72. The Kier molecular flexibility index (Phi) is 5.85. The number of aromatic nitrogens is 3. The van der Waals surface area contributed by atoms with Gasteiger partial charge in [0.2, 0.25) is 5.91 Å². The maximum absolute atomic E-state index is 13.7. The van der Waals surface area contributed by atoms with Crippen LogP contribution in [-0.2, 0) is 17.9 Å². The average molecular weight is 436 g/mol. The average Bonchev–Trinajstić information content (AvgIpc) is 3.03. The molecule has 0 bridgehead atoms. The molecule has 0 fully saturated rings. The Balaban J connectivity index is 1.55. The first-order valence-corrected chi connectivity index (χ1v) is 10.2. The Morgan fingerprint density at radius 3 is 2.62 bits per heavy atom. The van der Waals surface area contributed by atoms with Gasteiger partial charge in [-0.3, -0.25) is 18.7 Å². The van der Waals surface area contributed by atoms with Gasteiger partial charge in [-0.2, -0.15) is 0 Å². The quantitative estimate of drug-likeness (QED) is 0.500. The van der Waals surface area contributed by atoms with Crippen LogP contribution in [0, 0.1) is 25.5 Å². The van der Waals surface area contributed by atoms with Crippen LogP contribution in [0.4, 0.5) is 8.78 Å². The molecule has 4 aromatic rings. The number of aryl methyl sites for hydroxylation is 2. The normalized spacial score (nSPS) is 11.1. The second kappa shape index (κ2) is 8.74. The molecule has 0 unspecified atom stereocenters. The number of carbonyl (C=O) groups is 1. The number of benzene rings is 2. The Morgan fingerprint density at radius 1 is 1.09 bits per heavy atom. The van der Waals surface area contributed by atoms with Crippen molar-refractivity contribution in [2.24, 2.45) is 0 Å². The number of halogens is 2. The summed E-state index contributed by atoms with van der Waals surface area (Å²) in [6, 6.07) is 12.3. The van der Waals surface area contributed by atoms with Crippen molar-refractivity contribution in [2.75, 3.05) is 0 Å². The van der Waals surface area contributed by atoms with Gasteiger partial charge in [-0.1, -0.05) is 24.3 Å². The van der Waals surface area contributed by atoms with Gasteiger partial charge < -0.3 is 5.32 Å². The Bertz CT molecular complexity index is 1370. The molecule has 32 heavy (non-hydrogen) atoms. The first-order chi connectivity index (χ1) is 15.4. The van der Waals surface area contributed by atoms with Crippen molar-refractivity contribution in [1.29, 1.82) is 0 Å². The zero-order chi connectivity index (χ0) is 22.8. The zero-order valence-corrected chi connectivity index (χ0v) is 17.7. The summed E-state index contributed by atoms with van der Waals surface area (Å²) < 4.78 is 30.6. The summed E-state index contributed by atoms with van der Waals surface area (Å²) >= 11 is 0. The van der Waals surface area contributed by atoms with E-state index in [1.54, 1.807) is 34.9 Å². The van der Waals surface area contributed by atoms with Crippen LogP contribution in [-0.4, -0.2) is 20.0 Å². The maximum atomic E-state index is 13.7. The highest BCUT2D eigenvalue weighted by Gasteiger charge is 2.18. The molecule has 0 aliphatic rings. The molecular formula is C24H22F2N4O2. The fourth-order valence-corrected chi connectivity index (χ4v) is 3.72. The van der Waals surface area contributed by atoms with Gasteiger partial charge in [-0.15, -0.1) is 0 Å². The van der Waals surface area contributed by atoms with Crippen molar-refractivity contribution in [3.8, 4) is 5.69 Å². The predicted octanol–water partition coefficient (Wildman–Crippen LogP) is 3.79. The molecule has 164 valence electrons. The Morgan fingerprint density at radius 2 is 1.88 bits per heavy atom. The molecule has 2 heterocycles. The summed E-state index contributed by atoms with van der Waals surface area (Å²) in [5.41, 5.74) is 2.68. The van der Waals surface area contributed by atoms with Crippen LogP contribution < -0.4 is 10.9 Å². The number of nitrogens with zero attached hydrogens (tertiary/aromatic N) is 3. The fraction of sp³-hybridized carbons (Fsp3) is 0.208. The van der Waals surface area contributed by atoms with E-state index in [4.69, 9.17) is 0 Å². The van der Waals surface area contributed by atoms with Crippen LogP contribution >= 0.6 is 0 Å². The number of carbonyl (C=O) groups excluding carboxylic acids is 1. The molecule has 0 aliphatic heterocycles. The van der Waals surface area contributed by atoms with Crippen molar-refractivity contribution in [3.63, 3.8) is 0 Å². The molecule has 4 rings (SSSR count). The molecule has 0 spiro atoms. The molecule has 1 N–H and O–H groups in total. The van der Waals surface area contributed by atoms with Gasteiger partial charge in [0.25, 0.3) is 5.56 Å². The van der Waals surface area contributed by atoms with E-state index in [0.717, 1.165) is 11.3 Å². The van der Waals surface area contributed by atoms with E-state index in [1.165, 1.54) is 29.1 Å². The van der Waals surface area contributed by atoms with Crippen molar-refractivity contribution in [1.82, 2.24) is 19.4 Å².